The maximum atomic E-state index is 12.4. The Morgan fingerprint density at radius 1 is 1.20 bits per heavy atom. The molecule has 4 rings (SSSR count). The fourth-order valence-corrected chi connectivity index (χ4v) is 4.17. The summed E-state index contributed by atoms with van der Waals surface area (Å²) in [5, 5.41) is 30.2. The van der Waals surface area contributed by atoms with Gasteiger partial charge in [0.05, 0.1) is 29.4 Å². The summed E-state index contributed by atoms with van der Waals surface area (Å²) in [6.45, 7) is 3.34. The molecule has 0 saturated carbocycles. The molecule has 35 heavy (non-hydrogen) atoms. The molecule has 11 heteroatoms. The number of aryl methyl sites for hydroxylation is 1. The molecule has 0 spiro atoms. The van der Waals surface area contributed by atoms with E-state index in [1.807, 2.05) is 19.9 Å². The number of rotatable bonds is 9. The molecule has 0 aliphatic heterocycles. The van der Waals surface area contributed by atoms with Gasteiger partial charge in [0.25, 0.3) is 11.5 Å². The molecule has 1 atom stereocenters. The van der Waals surface area contributed by atoms with Crippen molar-refractivity contribution in [3.63, 3.8) is 0 Å². The first kappa shape index (κ1) is 24.3. The molecule has 182 valence electrons. The lowest BCUT2D eigenvalue weighted by atomic mass is 10.2. The number of aromatic nitrogens is 4. The molecule has 0 fully saturated rings. The molecule has 0 aliphatic rings. The van der Waals surface area contributed by atoms with E-state index in [4.69, 9.17) is 9.84 Å². The normalized spacial score (nSPS) is 11.9. The maximum absolute atomic E-state index is 12.4. The van der Waals surface area contributed by atoms with Crippen LogP contribution in [0.3, 0.4) is 0 Å². The highest BCUT2D eigenvalue weighted by Gasteiger charge is 2.17. The van der Waals surface area contributed by atoms with E-state index in [0.29, 0.717) is 33.4 Å². The summed E-state index contributed by atoms with van der Waals surface area (Å²) < 4.78 is 8.81. The Morgan fingerprint density at radius 2 is 2.03 bits per heavy atom. The third kappa shape index (κ3) is 5.48. The van der Waals surface area contributed by atoms with Gasteiger partial charge in [-0.3, -0.25) is 14.2 Å². The Morgan fingerprint density at radius 3 is 2.74 bits per heavy atom. The van der Waals surface area contributed by atoms with Crippen molar-refractivity contribution in [1.29, 1.82) is 0 Å². The molecular formula is C24H25N5O5S. The van der Waals surface area contributed by atoms with E-state index in [1.165, 1.54) is 22.0 Å². The molecule has 1 amide bonds. The molecular weight excluding hydrogens is 470 g/mol. The highest BCUT2D eigenvalue weighted by Crippen LogP contribution is 2.27. The highest BCUT2D eigenvalue weighted by molar-refractivity contribution is 7.13. The quantitative estimate of drug-likeness (QED) is 0.322. The second-order valence-corrected chi connectivity index (χ2v) is 9.12. The first-order valence-corrected chi connectivity index (χ1v) is 11.7. The van der Waals surface area contributed by atoms with Crippen molar-refractivity contribution in [3.05, 3.63) is 86.2 Å². The first-order chi connectivity index (χ1) is 16.9. The Kier molecular flexibility index (Phi) is 7.39. The van der Waals surface area contributed by atoms with Crippen molar-refractivity contribution in [2.24, 2.45) is 0 Å². The van der Waals surface area contributed by atoms with Crippen molar-refractivity contribution in [2.45, 2.75) is 26.5 Å². The summed E-state index contributed by atoms with van der Waals surface area (Å²) in [6, 6.07) is 13.6. The fraction of sp³-hybridized carbons (Fsp3) is 0.250. The molecule has 4 aromatic rings. The summed E-state index contributed by atoms with van der Waals surface area (Å²) >= 11 is 1.42. The average Bonchev–Trinajstić information content (AvgIpc) is 3.46. The molecule has 0 unspecified atom stereocenters. The number of carbonyl (C=O) groups excluding carboxylic acids is 1. The second kappa shape index (κ2) is 10.6. The molecule has 1 aromatic carbocycles. The number of hydrogen-bond acceptors (Lipinski definition) is 8. The molecule has 3 heterocycles. The summed E-state index contributed by atoms with van der Waals surface area (Å²) in [5.74, 6) is 0.153. The molecule has 0 radical (unpaired) electrons. The van der Waals surface area contributed by atoms with E-state index in [9.17, 15) is 14.7 Å². The number of hydrogen-bond donors (Lipinski definition) is 3. The van der Waals surface area contributed by atoms with Crippen LogP contribution in [0, 0.1) is 13.8 Å². The Hall–Kier alpha value is -3.80. The number of aliphatic hydroxyl groups is 2. The number of nitrogens with one attached hydrogen (secondary N) is 1. The molecule has 0 saturated heterocycles. The average molecular weight is 496 g/mol. The van der Waals surface area contributed by atoms with Gasteiger partial charge in [-0.25, -0.2) is 4.68 Å². The zero-order valence-electron chi connectivity index (χ0n) is 19.2. The Labute approximate surface area is 205 Å². The Bertz CT molecular complexity index is 1390. The monoisotopic (exact) mass is 495 g/mol. The van der Waals surface area contributed by atoms with Gasteiger partial charge in [-0.15, -0.1) is 16.4 Å². The number of ether oxygens (including phenoxy) is 1. The van der Waals surface area contributed by atoms with E-state index in [1.54, 1.807) is 47.3 Å². The van der Waals surface area contributed by atoms with Crippen molar-refractivity contribution in [3.8, 4) is 17.1 Å². The lowest BCUT2D eigenvalue weighted by Gasteiger charge is -2.16. The number of benzene rings is 1. The SMILES string of the molecule is Cc1ccc(C(=O)NCc2nnn(-c3ccc(-n4ccccc4=O)cc3OC[C@H](O)CO)c2C)s1. The van der Waals surface area contributed by atoms with Gasteiger partial charge in [-0.2, -0.15) is 0 Å². The van der Waals surface area contributed by atoms with Crippen LogP contribution in [0.4, 0.5) is 0 Å². The standard InChI is InChI=1S/C24H25N5O5S/c1-15-6-9-22(35-15)24(33)25-12-19-16(2)29(27-26-19)20-8-7-17(28-10-4-3-5-23(28)32)11-21(20)34-14-18(31)13-30/h3-11,18,30-31H,12-14H2,1-2H3,(H,25,33)/t18-/m1/s1. The van der Waals surface area contributed by atoms with Gasteiger partial charge in [-0.1, -0.05) is 11.3 Å². The van der Waals surface area contributed by atoms with E-state index in [2.05, 4.69) is 15.6 Å². The van der Waals surface area contributed by atoms with Crippen LogP contribution in [0.2, 0.25) is 0 Å². The van der Waals surface area contributed by atoms with Crippen LogP contribution in [-0.2, 0) is 6.54 Å². The minimum Gasteiger partial charge on any atom is -0.488 e. The van der Waals surface area contributed by atoms with E-state index in [-0.39, 0.29) is 24.6 Å². The van der Waals surface area contributed by atoms with Gasteiger partial charge in [0, 0.05) is 23.2 Å². The number of nitrogens with zero attached hydrogens (tertiary/aromatic N) is 4. The van der Waals surface area contributed by atoms with Crippen LogP contribution in [0.25, 0.3) is 11.4 Å². The van der Waals surface area contributed by atoms with E-state index >= 15 is 0 Å². The summed E-state index contributed by atoms with van der Waals surface area (Å²) in [5.41, 5.74) is 2.14. The fourth-order valence-electron chi connectivity index (χ4n) is 3.38. The lowest BCUT2D eigenvalue weighted by Crippen LogP contribution is -2.23. The van der Waals surface area contributed by atoms with Crippen molar-refractivity contribution in [1.82, 2.24) is 24.9 Å². The number of thiophene rings is 1. The number of aliphatic hydroxyl groups excluding tert-OH is 2. The molecule has 10 nitrogen and oxygen atoms in total. The van der Waals surface area contributed by atoms with Crippen LogP contribution in [0.1, 0.15) is 25.9 Å². The minimum atomic E-state index is -1.07. The van der Waals surface area contributed by atoms with Crippen LogP contribution < -0.4 is 15.6 Å². The smallest absolute Gasteiger partial charge is 0.261 e. The van der Waals surface area contributed by atoms with Gasteiger partial charge >= 0.3 is 0 Å². The highest BCUT2D eigenvalue weighted by atomic mass is 32.1. The number of amides is 1. The van der Waals surface area contributed by atoms with Crippen molar-refractivity contribution < 1.29 is 19.7 Å². The number of carbonyl (C=O) groups is 1. The topological polar surface area (TPSA) is 132 Å². The predicted molar refractivity (Wildman–Crippen MR) is 131 cm³/mol. The van der Waals surface area contributed by atoms with Crippen LogP contribution >= 0.6 is 11.3 Å². The van der Waals surface area contributed by atoms with Crippen molar-refractivity contribution in [2.75, 3.05) is 13.2 Å². The van der Waals surface area contributed by atoms with Gasteiger partial charge in [0.15, 0.2) is 0 Å². The van der Waals surface area contributed by atoms with E-state index < -0.39 is 12.7 Å². The summed E-state index contributed by atoms with van der Waals surface area (Å²) in [6.07, 6.45) is 0.565. The third-order valence-corrected chi connectivity index (χ3v) is 6.28. The molecule has 0 bridgehead atoms. The molecule has 3 N–H and O–H groups in total. The van der Waals surface area contributed by atoms with Crippen molar-refractivity contribution >= 4 is 17.2 Å². The minimum absolute atomic E-state index is 0.159. The zero-order valence-corrected chi connectivity index (χ0v) is 20.0. The third-order valence-electron chi connectivity index (χ3n) is 5.28. The van der Waals surface area contributed by atoms with Gasteiger partial charge in [-0.05, 0) is 44.2 Å². The lowest BCUT2D eigenvalue weighted by molar-refractivity contribution is 0.0535. The predicted octanol–water partition coefficient (Wildman–Crippen LogP) is 1.76. The Balaban J connectivity index is 1.62. The van der Waals surface area contributed by atoms with Gasteiger partial charge in [0.1, 0.15) is 29.8 Å². The first-order valence-electron chi connectivity index (χ1n) is 10.9. The molecule has 3 aromatic heterocycles. The van der Waals surface area contributed by atoms with Crippen LogP contribution in [0.5, 0.6) is 5.75 Å². The largest absolute Gasteiger partial charge is 0.488 e. The maximum Gasteiger partial charge on any atom is 0.261 e. The summed E-state index contributed by atoms with van der Waals surface area (Å²) in [4.78, 5) is 26.4. The van der Waals surface area contributed by atoms with Gasteiger partial charge in [0.2, 0.25) is 0 Å². The second-order valence-electron chi connectivity index (χ2n) is 7.83. The molecule has 0 aliphatic carbocycles. The van der Waals surface area contributed by atoms with E-state index in [0.717, 1.165) is 4.88 Å². The number of pyridine rings is 1. The van der Waals surface area contributed by atoms with Crippen LogP contribution in [-0.4, -0.2) is 55.0 Å². The van der Waals surface area contributed by atoms with Crippen LogP contribution in [0.15, 0.2) is 59.5 Å². The summed E-state index contributed by atoms with van der Waals surface area (Å²) in [7, 11) is 0. The van der Waals surface area contributed by atoms with Gasteiger partial charge < -0.3 is 20.3 Å². The zero-order chi connectivity index (χ0) is 24.9.